The number of rotatable bonds is 13. The molecule has 542 valence electrons. The van der Waals surface area contributed by atoms with E-state index in [2.05, 4.69) is 426 Å². The summed E-state index contributed by atoms with van der Waals surface area (Å²) in [5, 5.41) is 0. The molecule has 5 aliphatic carbocycles. The molecule has 0 spiro atoms. The van der Waals surface area contributed by atoms with E-state index < -0.39 is 0 Å². The third-order valence-corrected chi connectivity index (χ3v) is 25.7. The summed E-state index contributed by atoms with van der Waals surface area (Å²) >= 11 is 0. The first-order chi connectivity index (χ1) is 54.8. The van der Waals surface area contributed by atoms with Gasteiger partial charge in [-0.2, -0.15) is 0 Å². The van der Waals surface area contributed by atoms with Gasteiger partial charge in [-0.15, -0.1) is 0 Å². The van der Waals surface area contributed by atoms with Crippen molar-refractivity contribution in [1.29, 1.82) is 0 Å². The quantitative estimate of drug-likeness (QED) is 0.107. The Bertz CT molecular complexity index is 5740. The molecular formula is C108H92BN3. The fraction of sp³-hybridized carbons (Fsp3) is 0.167. The summed E-state index contributed by atoms with van der Waals surface area (Å²) in [6.07, 6.45) is 18.4. The van der Waals surface area contributed by atoms with Gasteiger partial charge >= 0.3 is 0 Å². The van der Waals surface area contributed by atoms with Crippen LogP contribution in [-0.4, -0.2) is 24.8 Å². The van der Waals surface area contributed by atoms with E-state index in [0.717, 1.165) is 19.3 Å². The molecule has 7 atom stereocenters. The summed E-state index contributed by atoms with van der Waals surface area (Å²) in [7, 11) is 0. The monoisotopic (exact) mass is 1440 g/mol. The molecule has 1 fully saturated rings. The lowest BCUT2D eigenvalue weighted by molar-refractivity contribution is 0.328. The highest BCUT2D eigenvalue weighted by atomic mass is 15.3. The highest BCUT2D eigenvalue weighted by Gasteiger charge is 2.59. The number of anilines is 6. The SMILES string of the molecule is CC(C)(C)C1=CC2=C(c3ccc4c(c3)B3c5cc(-c6ccccc6)ccc5N(c5c(-c6ccccc6)cccc5-c5ccccc5)C5CC(N(c6ccc(-c7ccccc7)cc6)c6ccc(-c7ccccc7)cc6)CC(C35)N4c3c(-c4ccccc4)cccc3-c3ccccc3)C=C3C=C(C(C)(C)C)CC4C=CC(=C1)C2C34. The molecule has 0 amide bonds. The van der Waals surface area contributed by atoms with E-state index in [4.69, 9.17) is 0 Å². The Morgan fingerprint density at radius 2 is 0.732 bits per heavy atom. The van der Waals surface area contributed by atoms with Gasteiger partial charge < -0.3 is 14.7 Å². The minimum atomic E-state index is -0.105. The highest BCUT2D eigenvalue weighted by molar-refractivity contribution is 6.90. The average Bonchev–Trinajstić information content (AvgIpc) is 0.686. The Morgan fingerprint density at radius 1 is 0.348 bits per heavy atom. The summed E-state index contributed by atoms with van der Waals surface area (Å²) in [5.41, 5.74) is 36.8. The molecule has 3 nitrogen and oxygen atoms in total. The van der Waals surface area contributed by atoms with Crippen LogP contribution in [0.5, 0.6) is 0 Å². The van der Waals surface area contributed by atoms with Gasteiger partial charge in [0.25, 0.3) is 0 Å². The molecule has 0 saturated heterocycles. The fourth-order valence-corrected chi connectivity index (χ4v) is 20.4. The molecule has 7 aliphatic rings. The maximum atomic E-state index is 2.95. The van der Waals surface area contributed by atoms with Gasteiger partial charge in [0.15, 0.2) is 0 Å². The molecular weight excluding hydrogens is 1350 g/mol. The predicted octanol–water partition coefficient (Wildman–Crippen LogP) is 26.8. The van der Waals surface area contributed by atoms with Crippen LogP contribution < -0.4 is 25.6 Å². The van der Waals surface area contributed by atoms with Crippen molar-refractivity contribution in [3.05, 3.63) is 404 Å². The number of nitrogens with zero attached hydrogens (tertiary/aromatic N) is 3. The number of allylic oxidation sites excluding steroid dienone is 12. The van der Waals surface area contributed by atoms with Crippen LogP contribution >= 0.6 is 0 Å². The fourth-order valence-electron chi connectivity index (χ4n) is 20.4. The Morgan fingerprint density at radius 3 is 1.15 bits per heavy atom. The zero-order valence-corrected chi connectivity index (χ0v) is 64.8. The second-order valence-electron chi connectivity index (χ2n) is 34.2. The van der Waals surface area contributed by atoms with Crippen molar-refractivity contribution in [1.82, 2.24) is 0 Å². The molecule has 112 heavy (non-hydrogen) atoms. The lowest BCUT2D eigenvalue weighted by Gasteiger charge is -2.60. The van der Waals surface area contributed by atoms with Crippen LogP contribution in [0, 0.1) is 28.6 Å². The topological polar surface area (TPSA) is 9.72 Å². The summed E-state index contributed by atoms with van der Waals surface area (Å²) in [6.45, 7) is 14.4. The van der Waals surface area contributed by atoms with E-state index in [1.165, 1.54) is 162 Å². The van der Waals surface area contributed by atoms with Crippen LogP contribution in [0.2, 0.25) is 5.82 Å². The average molecular weight is 1440 g/mol. The van der Waals surface area contributed by atoms with Crippen LogP contribution in [-0.2, 0) is 0 Å². The van der Waals surface area contributed by atoms with Crippen LogP contribution in [0.4, 0.5) is 34.1 Å². The molecule has 0 bridgehead atoms. The molecule has 20 rings (SSSR count). The minimum absolute atomic E-state index is 0.0107. The Labute approximate surface area is 662 Å². The number of fused-ring (bicyclic) bond motifs is 4. The summed E-state index contributed by atoms with van der Waals surface area (Å²) < 4.78 is 0. The van der Waals surface area contributed by atoms with Crippen molar-refractivity contribution < 1.29 is 0 Å². The third-order valence-electron chi connectivity index (χ3n) is 25.7. The molecule has 2 heterocycles. The van der Waals surface area contributed by atoms with Crippen molar-refractivity contribution in [3.63, 3.8) is 0 Å². The van der Waals surface area contributed by atoms with E-state index >= 15 is 0 Å². The second kappa shape index (κ2) is 28.0. The van der Waals surface area contributed by atoms with Crippen molar-refractivity contribution >= 4 is 57.3 Å². The van der Waals surface area contributed by atoms with Gasteiger partial charge in [0.2, 0.25) is 6.71 Å². The smallest absolute Gasteiger partial charge is 0.222 e. The van der Waals surface area contributed by atoms with Gasteiger partial charge in [-0.05, 0) is 178 Å². The van der Waals surface area contributed by atoms with Crippen LogP contribution in [0.15, 0.2) is 398 Å². The molecule has 0 N–H and O–H groups in total. The third kappa shape index (κ3) is 12.1. The van der Waals surface area contributed by atoms with Crippen LogP contribution in [0.1, 0.15) is 66.4 Å². The van der Waals surface area contributed by atoms with E-state index in [0.29, 0.717) is 11.8 Å². The van der Waals surface area contributed by atoms with Gasteiger partial charge in [-0.1, -0.05) is 381 Å². The van der Waals surface area contributed by atoms with E-state index in [1.807, 2.05) is 0 Å². The molecule has 13 aromatic rings. The maximum absolute atomic E-state index is 2.95. The van der Waals surface area contributed by atoms with E-state index in [1.54, 1.807) is 0 Å². The highest BCUT2D eigenvalue weighted by Crippen LogP contribution is 2.61. The number of para-hydroxylation sites is 2. The van der Waals surface area contributed by atoms with Gasteiger partial charge in [0.1, 0.15) is 0 Å². The standard InChI is InChI=1S/C108H92BN3/c1-107(2,3)85-62-82-48-49-83-63-86(108(4,5)6)68-95-94(65-84(64-85)102(82)103(83)95)81-55-61-99-97(67-81)109-96-66-80(73-34-18-9-19-35-73)54-60-98(96)111(105-90(76-36-20-10-21-37-76)44-28-45-91(105)77-38-22-11-23-39-77)100-69-89(70-101(104(100)109)112(99)106-92(78-40-24-12-25-41-78)46-29-47-93(106)79-42-26-13-27-43-79)110(87-56-50-74(51-57-87)71-30-14-7-15-31-71)88-58-52-75(53-59-88)72-32-16-8-17-33-72/h7-61,63-68,82,89,100-104H,62,69-70H2,1-6H3. The van der Waals surface area contributed by atoms with Crippen molar-refractivity contribution in [2.75, 3.05) is 14.7 Å². The Kier molecular flexibility index (Phi) is 17.2. The van der Waals surface area contributed by atoms with Crippen molar-refractivity contribution in [2.45, 2.75) is 84.7 Å². The van der Waals surface area contributed by atoms with Gasteiger partial charge in [0.05, 0.1) is 11.4 Å². The van der Waals surface area contributed by atoms with E-state index in [-0.39, 0.29) is 47.4 Å². The minimum Gasteiger partial charge on any atom is -0.338 e. The molecule has 0 radical (unpaired) electrons. The molecule has 13 aromatic carbocycles. The first-order valence-corrected chi connectivity index (χ1v) is 40.6. The Hall–Kier alpha value is -12.2. The molecule has 2 aliphatic heterocycles. The van der Waals surface area contributed by atoms with E-state index in [9.17, 15) is 0 Å². The lowest BCUT2D eigenvalue weighted by atomic mass is 9.26. The summed E-state index contributed by atoms with van der Waals surface area (Å²) in [5.74, 6) is 1.02. The lowest BCUT2D eigenvalue weighted by Crippen LogP contribution is -2.70. The first-order valence-electron chi connectivity index (χ1n) is 40.6. The number of hydrogen-bond acceptors (Lipinski definition) is 3. The first kappa shape index (κ1) is 69.0. The molecule has 1 saturated carbocycles. The van der Waals surface area contributed by atoms with Gasteiger partial charge in [0, 0.05) is 75.0 Å². The second-order valence-corrected chi connectivity index (χ2v) is 34.2. The van der Waals surface area contributed by atoms with Crippen LogP contribution in [0.3, 0.4) is 0 Å². The summed E-state index contributed by atoms with van der Waals surface area (Å²) in [4.78, 5) is 8.64. The van der Waals surface area contributed by atoms with Gasteiger partial charge in [-0.25, -0.2) is 0 Å². The summed E-state index contributed by atoms with van der Waals surface area (Å²) in [6, 6.07) is 127. The van der Waals surface area contributed by atoms with Gasteiger partial charge in [-0.3, -0.25) is 0 Å². The molecule has 0 aromatic heterocycles. The van der Waals surface area contributed by atoms with Crippen molar-refractivity contribution in [3.8, 4) is 77.9 Å². The normalized spacial score (nSPS) is 19.9. The zero-order chi connectivity index (χ0) is 75.3. The zero-order valence-electron chi connectivity index (χ0n) is 64.8. The van der Waals surface area contributed by atoms with Crippen LogP contribution in [0.25, 0.3) is 83.5 Å². The molecule has 7 unspecified atom stereocenters. The maximum Gasteiger partial charge on any atom is 0.222 e. The Balaban J connectivity index is 0.913. The number of hydrogen-bond donors (Lipinski definition) is 0. The number of benzene rings is 13. The molecule has 4 heteroatoms. The largest absolute Gasteiger partial charge is 0.338 e. The van der Waals surface area contributed by atoms with Crippen molar-refractivity contribution in [2.24, 2.45) is 28.6 Å². The predicted molar refractivity (Wildman–Crippen MR) is 475 cm³/mol.